The van der Waals surface area contributed by atoms with Gasteiger partial charge < -0.3 is 0 Å². The smallest absolute Gasteiger partial charge is 0.282 e. The van der Waals surface area contributed by atoms with E-state index in [0.717, 1.165) is 11.1 Å². The number of rotatable bonds is 3. The van der Waals surface area contributed by atoms with Gasteiger partial charge in [-0.05, 0) is 34.7 Å². The van der Waals surface area contributed by atoms with E-state index in [4.69, 9.17) is 4.55 Å². The van der Waals surface area contributed by atoms with Crippen LogP contribution in [-0.4, -0.2) is 13.0 Å². The summed E-state index contributed by atoms with van der Waals surface area (Å²) in [6, 6.07) is 14.3. The molecule has 0 aliphatic rings. The van der Waals surface area contributed by atoms with Gasteiger partial charge in [-0.1, -0.05) is 50.2 Å². The molecule has 0 saturated carbocycles. The van der Waals surface area contributed by atoms with Crippen LogP contribution in [-0.2, 0) is 10.1 Å². The Hall–Kier alpha value is -1.65. The Morgan fingerprint density at radius 3 is 2.05 bits per heavy atom. The first-order valence-electron chi connectivity index (χ1n) is 6.06. The number of benzene rings is 2. The van der Waals surface area contributed by atoms with Crippen molar-refractivity contribution < 1.29 is 13.0 Å². The molecule has 2 aromatic carbocycles. The molecule has 0 aliphatic carbocycles. The van der Waals surface area contributed by atoms with E-state index >= 15 is 0 Å². The van der Waals surface area contributed by atoms with Gasteiger partial charge in [0.25, 0.3) is 10.1 Å². The molecular weight excluding hydrogens is 260 g/mol. The van der Waals surface area contributed by atoms with Crippen LogP contribution >= 0.6 is 0 Å². The molecule has 0 unspecified atom stereocenters. The topological polar surface area (TPSA) is 54.4 Å². The van der Waals surface area contributed by atoms with E-state index < -0.39 is 10.1 Å². The third-order valence-corrected chi connectivity index (χ3v) is 3.91. The minimum Gasteiger partial charge on any atom is -0.282 e. The Balaban J connectivity index is 2.49. The summed E-state index contributed by atoms with van der Waals surface area (Å²) in [6.45, 7) is 4.23. The van der Waals surface area contributed by atoms with Gasteiger partial charge in [0.1, 0.15) is 0 Å². The first kappa shape index (κ1) is 13.8. The van der Waals surface area contributed by atoms with Gasteiger partial charge >= 0.3 is 0 Å². The summed E-state index contributed by atoms with van der Waals surface area (Å²) in [5.41, 5.74) is 3.23. The molecule has 0 amide bonds. The van der Waals surface area contributed by atoms with Gasteiger partial charge in [-0.25, -0.2) is 0 Å². The highest BCUT2D eigenvalue weighted by atomic mass is 32.2. The predicted octanol–water partition coefficient (Wildman–Crippen LogP) is 3.72. The Morgan fingerprint density at radius 2 is 1.53 bits per heavy atom. The van der Waals surface area contributed by atoms with Crippen molar-refractivity contribution >= 4 is 10.1 Å². The Bertz CT molecular complexity index is 671. The van der Waals surface area contributed by atoms with Gasteiger partial charge in [0, 0.05) is 0 Å². The highest BCUT2D eigenvalue weighted by Gasteiger charge is 2.11. The number of hydrogen-bond donors (Lipinski definition) is 1. The second-order valence-electron chi connectivity index (χ2n) is 4.74. The van der Waals surface area contributed by atoms with E-state index in [9.17, 15) is 8.42 Å². The fraction of sp³-hybridized carbons (Fsp3) is 0.200. The van der Waals surface area contributed by atoms with Crippen LogP contribution in [0.15, 0.2) is 53.4 Å². The Morgan fingerprint density at radius 1 is 0.947 bits per heavy atom. The maximum absolute atomic E-state index is 11.0. The molecule has 0 radical (unpaired) electrons. The first-order chi connectivity index (χ1) is 8.89. The van der Waals surface area contributed by atoms with Crippen molar-refractivity contribution in [3.05, 3.63) is 54.1 Å². The molecule has 0 heterocycles. The zero-order valence-electron chi connectivity index (χ0n) is 10.9. The molecule has 4 heteroatoms. The van der Waals surface area contributed by atoms with Crippen molar-refractivity contribution in [3.63, 3.8) is 0 Å². The molecule has 0 atom stereocenters. The van der Waals surface area contributed by atoms with Crippen molar-refractivity contribution in [2.24, 2.45) is 0 Å². The van der Waals surface area contributed by atoms with Crippen molar-refractivity contribution in [1.82, 2.24) is 0 Å². The monoisotopic (exact) mass is 276 g/mol. The third kappa shape index (κ3) is 3.03. The van der Waals surface area contributed by atoms with Crippen LogP contribution in [0.4, 0.5) is 0 Å². The van der Waals surface area contributed by atoms with Crippen LogP contribution in [0.5, 0.6) is 0 Å². The minimum absolute atomic E-state index is 0.0849. The minimum atomic E-state index is -4.13. The van der Waals surface area contributed by atoms with Gasteiger partial charge in [-0.3, -0.25) is 4.55 Å². The van der Waals surface area contributed by atoms with Gasteiger partial charge in [0.05, 0.1) is 4.90 Å². The molecule has 0 bridgehead atoms. The van der Waals surface area contributed by atoms with Crippen LogP contribution in [0, 0.1) is 0 Å². The molecular formula is C15H16O3S. The average molecular weight is 276 g/mol. The fourth-order valence-electron chi connectivity index (χ4n) is 2.07. The van der Waals surface area contributed by atoms with Crippen molar-refractivity contribution in [3.8, 4) is 11.1 Å². The number of hydrogen-bond acceptors (Lipinski definition) is 2. The summed E-state index contributed by atoms with van der Waals surface area (Å²) in [5.74, 6) is 0.387. The lowest BCUT2D eigenvalue weighted by molar-refractivity contribution is 0.483. The summed E-state index contributed by atoms with van der Waals surface area (Å²) < 4.78 is 31.0. The van der Waals surface area contributed by atoms with Crippen molar-refractivity contribution in [2.75, 3.05) is 0 Å². The molecule has 2 rings (SSSR count). The van der Waals surface area contributed by atoms with E-state index in [1.165, 1.54) is 17.7 Å². The summed E-state index contributed by atoms with van der Waals surface area (Å²) in [7, 11) is -4.13. The maximum Gasteiger partial charge on any atom is 0.294 e. The fourth-order valence-corrected chi connectivity index (χ4v) is 2.55. The molecule has 0 aromatic heterocycles. The predicted molar refractivity (Wildman–Crippen MR) is 75.8 cm³/mol. The van der Waals surface area contributed by atoms with Crippen molar-refractivity contribution in [1.29, 1.82) is 0 Å². The second kappa shape index (κ2) is 5.15. The zero-order chi connectivity index (χ0) is 14.0. The molecule has 0 spiro atoms. The summed E-state index contributed by atoms with van der Waals surface area (Å²) in [5, 5.41) is 0. The van der Waals surface area contributed by atoms with Gasteiger partial charge in [0.15, 0.2) is 0 Å². The maximum atomic E-state index is 11.0. The summed E-state index contributed by atoms with van der Waals surface area (Å²) in [4.78, 5) is -0.0849. The quantitative estimate of drug-likeness (QED) is 0.869. The third-order valence-electron chi connectivity index (χ3n) is 3.05. The van der Waals surface area contributed by atoms with Gasteiger partial charge in [-0.2, -0.15) is 8.42 Å². The van der Waals surface area contributed by atoms with E-state index in [0.29, 0.717) is 5.92 Å². The van der Waals surface area contributed by atoms with E-state index in [1.807, 2.05) is 18.2 Å². The molecule has 0 aliphatic heterocycles. The molecule has 0 fully saturated rings. The van der Waals surface area contributed by atoms with Crippen molar-refractivity contribution in [2.45, 2.75) is 24.7 Å². The lowest BCUT2D eigenvalue weighted by atomic mass is 9.93. The zero-order valence-corrected chi connectivity index (χ0v) is 11.7. The molecule has 3 nitrogen and oxygen atoms in total. The lowest BCUT2D eigenvalue weighted by Crippen LogP contribution is -1.98. The Labute approximate surface area is 113 Å². The summed E-state index contributed by atoms with van der Waals surface area (Å²) in [6.07, 6.45) is 0. The van der Waals surface area contributed by atoms with E-state index in [1.54, 1.807) is 12.1 Å². The molecule has 2 aromatic rings. The Kier molecular flexibility index (Phi) is 3.73. The second-order valence-corrected chi connectivity index (χ2v) is 6.16. The average Bonchev–Trinajstić information content (AvgIpc) is 2.38. The van der Waals surface area contributed by atoms with E-state index in [2.05, 4.69) is 19.9 Å². The van der Waals surface area contributed by atoms with Crippen LogP contribution in [0.3, 0.4) is 0 Å². The van der Waals surface area contributed by atoms with Crippen LogP contribution in [0.25, 0.3) is 11.1 Å². The molecule has 19 heavy (non-hydrogen) atoms. The van der Waals surface area contributed by atoms with Crippen LogP contribution < -0.4 is 0 Å². The first-order valence-corrected chi connectivity index (χ1v) is 7.50. The van der Waals surface area contributed by atoms with Gasteiger partial charge in [-0.15, -0.1) is 0 Å². The lowest BCUT2D eigenvalue weighted by Gasteiger charge is -2.12. The molecule has 100 valence electrons. The SMILES string of the molecule is CC(C)c1ccccc1-c1ccc(S(=O)(=O)O)cc1. The molecule has 1 N–H and O–H groups in total. The standard InChI is InChI=1S/C15H16O3S/c1-11(2)14-5-3-4-6-15(14)12-7-9-13(10-8-12)19(16,17)18/h3-11H,1-2H3,(H,16,17,18). The van der Waals surface area contributed by atoms with Crippen LogP contribution in [0.2, 0.25) is 0 Å². The highest BCUT2D eigenvalue weighted by molar-refractivity contribution is 7.85. The normalized spacial score (nSPS) is 11.8. The van der Waals surface area contributed by atoms with Gasteiger partial charge in [0.2, 0.25) is 0 Å². The van der Waals surface area contributed by atoms with Crippen LogP contribution in [0.1, 0.15) is 25.3 Å². The largest absolute Gasteiger partial charge is 0.294 e. The summed E-state index contributed by atoms with van der Waals surface area (Å²) >= 11 is 0. The molecule has 0 saturated heterocycles. The van der Waals surface area contributed by atoms with E-state index in [-0.39, 0.29) is 4.90 Å². The highest BCUT2D eigenvalue weighted by Crippen LogP contribution is 2.29.